The van der Waals surface area contributed by atoms with Crippen LogP contribution in [0.25, 0.3) is 0 Å². The van der Waals surface area contributed by atoms with Crippen LogP contribution in [0, 0.1) is 11.3 Å². The van der Waals surface area contributed by atoms with Gasteiger partial charge in [0.1, 0.15) is 0 Å². The molecule has 1 aliphatic rings. The SMILES string of the molecule is CNCc1sc(C2CC2(C)C)nc1CC(C)C. The van der Waals surface area contributed by atoms with Gasteiger partial charge in [-0.2, -0.15) is 0 Å². The maximum atomic E-state index is 4.91. The summed E-state index contributed by atoms with van der Waals surface area (Å²) in [5.74, 6) is 1.40. The normalized spacial score (nSPS) is 22.1. The lowest BCUT2D eigenvalue weighted by Crippen LogP contribution is -2.07. The molecule has 1 heterocycles. The van der Waals surface area contributed by atoms with E-state index in [4.69, 9.17) is 4.98 Å². The highest BCUT2D eigenvalue weighted by atomic mass is 32.1. The largest absolute Gasteiger partial charge is 0.315 e. The average Bonchev–Trinajstić information content (AvgIpc) is 2.66. The third-order valence-electron chi connectivity index (χ3n) is 3.55. The molecule has 0 amide bonds. The van der Waals surface area contributed by atoms with Gasteiger partial charge in [-0.25, -0.2) is 4.98 Å². The Morgan fingerprint density at radius 1 is 1.47 bits per heavy atom. The van der Waals surface area contributed by atoms with E-state index in [-0.39, 0.29) is 0 Å². The van der Waals surface area contributed by atoms with E-state index in [2.05, 4.69) is 33.0 Å². The standard InChI is InChI=1S/C14H24N2S/c1-9(2)6-11-12(8-15-5)17-13(16-11)10-7-14(10,3)4/h9-10,15H,6-8H2,1-5H3. The highest BCUT2D eigenvalue weighted by Crippen LogP contribution is 2.59. The first-order chi connectivity index (χ1) is 7.94. The highest BCUT2D eigenvalue weighted by Gasteiger charge is 2.48. The maximum Gasteiger partial charge on any atom is 0.0968 e. The van der Waals surface area contributed by atoms with Gasteiger partial charge in [0.05, 0.1) is 10.7 Å². The molecule has 1 atom stereocenters. The first kappa shape index (κ1) is 13.0. The van der Waals surface area contributed by atoms with Crippen molar-refractivity contribution in [1.29, 1.82) is 0 Å². The van der Waals surface area contributed by atoms with Crippen molar-refractivity contribution in [2.75, 3.05) is 7.05 Å². The van der Waals surface area contributed by atoms with Crippen LogP contribution in [0.4, 0.5) is 0 Å². The van der Waals surface area contributed by atoms with E-state index in [0.717, 1.165) is 13.0 Å². The van der Waals surface area contributed by atoms with Crippen LogP contribution < -0.4 is 5.32 Å². The van der Waals surface area contributed by atoms with Crippen LogP contribution >= 0.6 is 11.3 Å². The van der Waals surface area contributed by atoms with Gasteiger partial charge in [0.15, 0.2) is 0 Å². The first-order valence-electron chi connectivity index (χ1n) is 6.57. The Hall–Kier alpha value is -0.410. The number of hydrogen-bond donors (Lipinski definition) is 1. The molecule has 3 heteroatoms. The second-order valence-corrected chi connectivity index (χ2v) is 7.41. The summed E-state index contributed by atoms with van der Waals surface area (Å²) >= 11 is 1.93. The van der Waals surface area contributed by atoms with Crippen molar-refractivity contribution < 1.29 is 0 Å². The van der Waals surface area contributed by atoms with E-state index in [1.807, 2.05) is 18.4 Å². The molecule has 1 N–H and O–H groups in total. The van der Waals surface area contributed by atoms with Crippen molar-refractivity contribution in [2.45, 2.75) is 53.0 Å². The van der Waals surface area contributed by atoms with Crippen molar-refractivity contribution in [2.24, 2.45) is 11.3 Å². The van der Waals surface area contributed by atoms with Crippen LogP contribution in [-0.4, -0.2) is 12.0 Å². The van der Waals surface area contributed by atoms with Crippen molar-refractivity contribution in [3.63, 3.8) is 0 Å². The smallest absolute Gasteiger partial charge is 0.0968 e. The number of aromatic nitrogens is 1. The highest BCUT2D eigenvalue weighted by molar-refractivity contribution is 7.11. The fourth-order valence-corrected chi connectivity index (χ4v) is 3.70. The van der Waals surface area contributed by atoms with Crippen molar-refractivity contribution in [1.82, 2.24) is 10.3 Å². The molecule has 1 aromatic heterocycles. The molecule has 0 aliphatic heterocycles. The molecule has 2 rings (SSSR count). The van der Waals surface area contributed by atoms with Gasteiger partial charge >= 0.3 is 0 Å². The number of thiazole rings is 1. The van der Waals surface area contributed by atoms with Gasteiger partial charge in [0.25, 0.3) is 0 Å². The molecule has 1 aromatic rings. The zero-order chi connectivity index (χ0) is 12.6. The molecular weight excluding hydrogens is 228 g/mol. The fourth-order valence-electron chi connectivity index (χ4n) is 2.29. The summed E-state index contributed by atoms with van der Waals surface area (Å²) in [6.07, 6.45) is 2.42. The number of nitrogens with one attached hydrogen (secondary N) is 1. The Kier molecular flexibility index (Phi) is 3.60. The van der Waals surface area contributed by atoms with Gasteiger partial charge in [0, 0.05) is 17.3 Å². The van der Waals surface area contributed by atoms with Crippen molar-refractivity contribution in [3.8, 4) is 0 Å². The molecule has 0 saturated heterocycles. The van der Waals surface area contributed by atoms with Crippen molar-refractivity contribution in [3.05, 3.63) is 15.6 Å². The van der Waals surface area contributed by atoms with Crippen LogP contribution in [0.1, 0.15) is 55.6 Å². The van der Waals surface area contributed by atoms with E-state index in [9.17, 15) is 0 Å². The zero-order valence-corrected chi connectivity index (χ0v) is 12.4. The lowest BCUT2D eigenvalue weighted by atomic mass is 10.1. The molecule has 0 spiro atoms. The van der Waals surface area contributed by atoms with Crippen LogP contribution in [0.3, 0.4) is 0 Å². The van der Waals surface area contributed by atoms with E-state index in [1.54, 1.807) is 0 Å². The molecule has 1 saturated carbocycles. The Morgan fingerprint density at radius 3 is 2.59 bits per heavy atom. The lowest BCUT2D eigenvalue weighted by molar-refractivity contribution is 0.612. The average molecular weight is 252 g/mol. The Morgan fingerprint density at radius 2 is 2.12 bits per heavy atom. The predicted octanol–water partition coefficient (Wildman–Crippen LogP) is 3.57. The van der Waals surface area contributed by atoms with Crippen LogP contribution in [0.5, 0.6) is 0 Å². The summed E-state index contributed by atoms with van der Waals surface area (Å²) in [6.45, 7) is 10.2. The van der Waals surface area contributed by atoms with E-state index in [0.29, 0.717) is 17.3 Å². The third kappa shape index (κ3) is 2.89. The minimum atomic E-state index is 0.490. The Labute approximate surface area is 109 Å². The molecule has 0 bridgehead atoms. The van der Waals surface area contributed by atoms with Gasteiger partial charge < -0.3 is 5.32 Å². The van der Waals surface area contributed by atoms with E-state index in [1.165, 1.54) is 22.0 Å². The zero-order valence-electron chi connectivity index (χ0n) is 11.6. The van der Waals surface area contributed by atoms with Crippen LogP contribution in [-0.2, 0) is 13.0 Å². The van der Waals surface area contributed by atoms with E-state index >= 15 is 0 Å². The molecular formula is C14H24N2S. The third-order valence-corrected chi connectivity index (χ3v) is 4.76. The minimum absolute atomic E-state index is 0.490. The van der Waals surface area contributed by atoms with Crippen molar-refractivity contribution >= 4 is 11.3 Å². The molecule has 17 heavy (non-hydrogen) atoms. The van der Waals surface area contributed by atoms with Crippen LogP contribution in [0.15, 0.2) is 0 Å². The molecule has 96 valence electrons. The fraction of sp³-hybridized carbons (Fsp3) is 0.786. The molecule has 1 unspecified atom stereocenters. The molecule has 0 aromatic carbocycles. The van der Waals surface area contributed by atoms with Gasteiger partial charge in [-0.1, -0.05) is 27.7 Å². The monoisotopic (exact) mass is 252 g/mol. The molecule has 1 aliphatic carbocycles. The lowest BCUT2D eigenvalue weighted by Gasteiger charge is -2.03. The quantitative estimate of drug-likeness (QED) is 0.866. The van der Waals surface area contributed by atoms with Gasteiger partial charge in [-0.3, -0.25) is 0 Å². The topological polar surface area (TPSA) is 24.9 Å². The molecule has 1 fully saturated rings. The summed E-state index contributed by atoms with van der Waals surface area (Å²) < 4.78 is 0. The van der Waals surface area contributed by atoms with Gasteiger partial charge in [0.2, 0.25) is 0 Å². The second kappa shape index (κ2) is 4.69. The maximum absolute atomic E-state index is 4.91. The number of hydrogen-bond acceptors (Lipinski definition) is 3. The second-order valence-electron chi connectivity index (χ2n) is 6.30. The summed E-state index contributed by atoms with van der Waals surface area (Å²) in [7, 11) is 2.01. The van der Waals surface area contributed by atoms with Gasteiger partial charge in [-0.15, -0.1) is 11.3 Å². The number of nitrogens with zero attached hydrogens (tertiary/aromatic N) is 1. The summed E-state index contributed by atoms with van der Waals surface area (Å²) in [4.78, 5) is 6.35. The number of rotatable bonds is 5. The van der Waals surface area contributed by atoms with Gasteiger partial charge in [-0.05, 0) is 31.2 Å². The Bertz CT molecular complexity index is 393. The summed E-state index contributed by atoms with van der Waals surface area (Å²) in [6, 6.07) is 0. The first-order valence-corrected chi connectivity index (χ1v) is 7.38. The molecule has 2 nitrogen and oxygen atoms in total. The minimum Gasteiger partial charge on any atom is -0.315 e. The van der Waals surface area contributed by atoms with E-state index < -0.39 is 0 Å². The Balaban J connectivity index is 2.19. The predicted molar refractivity (Wildman–Crippen MR) is 74.6 cm³/mol. The summed E-state index contributed by atoms with van der Waals surface area (Å²) in [5, 5.41) is 4.63. The summed E-state index contributed by atoms with van der Waals surface area (Å²) in [5.41, 5.74) is 1.82. The molecule has 0 radical (unpaired) electrons. The van der Waals surface area contributed by atoms with Crippen LogP contribution in [0.2, 0.25) is 0 Å².